The molecule has 4 nitrogen and oxygen atoms in total. The Morgan fingerprint density at radius 1 is 1.25 bits per heavy atom. The number of hydrogen-bond acceptors (Lipinski definition) is 3. The fourth-order valence-corrected chi connectivity index (χ4v) is 4.06. The number of aromatic hydroxyl groups is 1. The van der Waals surface area contributed by atoms with E-state index in [2.05, 4.69) is 29.7 Å². The molecule has 0 saturated heterocycles. The fourth-order valence-electron chi connectivity index (χ4n) is 3.87. The number of aromatic nitrogens is 1. The zero-order valence-electron chi connectivity index (χ0n) is 16.2. The van der Waals surface area contributed by atoms with E-state index in [0.717, 1.165) is 53.2 Å². The summed E-state index contributed by atoms with van der Waals surface area (Å²) in [5, 5.41) is 11.2. The topological polar surface area (TPSA) is 43.6 Å². The molecule has 0 unspecified atom stereocenters. The van der Waals surface area contributed by atoms with E-state index in [-0.39, 0.29) is 5.75 Å². The fraction of sp³-hybridized carbons (Fsp3) is 0.304. The van der Waals surface area contributed by atoms with Gasteiger partial charge in [-0.2, -0.15) is 0 Å². The summed E-state index contributed by atoms with van der Waals surface area (Å²) in [6.45, 7) is 3.06. The maximum absolute atomic E-state index is 10.1. The van der Waals surface area contributed by atoms with E-state index in [1.54, 1.807) is 19.2 Å². The van der Waals surface area contributed by atoms with Crippen LogP contribution < -0.4 is 9.47 Å². The van der Waals surface area contributed by atoms with Crippen molar-refractivity contribution in [2.45, 2.75) is 32.7 Å². The minimum absolute atomic E-state index is 0.280. The molecule has 0 bridgehead atoms. The lowest BCUT2D eigenvalue weighted by atomic mass is 10.1. The summed E-state index contributed by atoms with van der Waals surface area (Å²) in [6, 6.07) is 11.6. The predicted octanol–water partition coefficient (Wildman–Crippen LogP) is 5.66. The summed E-state index contributed by atoms with van der Waals surface area (Å²) in [6.07, 6.45) is 4.70. The zero-order chi connectivity index (χ0) is 19.7. The second-order valence-corrected chi connectivity index (χ2v) is 7.45. The highest BCUT2D eigenvalue weighted by atomic mass is 35.5. The molecule has 0 fully saturated rings. The Balaban J connectivity index is 1.78. The van der Waals surface area contributed by atoms with Gasteiger partial charge in [0.15, 0.2) is 0 Å². The number of halogens is 1. The molecule has 28 heavy (non-hydrogen) atoms. The van der Waals surface area contributed by atoms with Crippen LogP contribution in [0.25, 0.3) is 17.0 Å². The SMILES string of the molecule is COc1ccc2c(c1)c(C=C1Cc3c(O)cccc3O1)c(C)n2CCCCCl. The Morgan fingerprint density at radius 3 is 2.86 bits per heavy atom. The molecule has 0 radical (unpaired) electrons. The van der Waals surface area contributed by atoms with Crippen LogP contribution in [0.15, 0.2) is 42.2 Å². The second kappa shape index (κ2) is 7.80. The molecule has 0 saturated carbocycles. The highest BCUT2D eigenvalue weighted by Gasteiger charge is 2.22. The molecule has 2 aromatic carbocycles. The third-order valence-corrected chi connectivity index (χ3v) is 5.62. The third-order valence-electron chi connectivity index (χ3n) is 5.35. The summed E-state index contributed by atoms with van der Waals surface area (Å²) < 4.78 is 13.8. The van der Waals surface area contributed by atoms with E-state index in [4.69, 9.17) is 21.1 Å². The monoisotopic (exact) mass is 397 g/mol. The molecule has 146 valence electrons. The van der Waals surface area contributed by atoms with E-state index >= 15 is 0 Å². The van der Waals surface area contributed by atoms with Gasteiger partial charge in [0.1, 0.15) is 23.0 Å². The maximum atomic E-state index is 10.1. The van der Waals surface area contributed by atoms with E-state index in [9.17, 15) is 5.11 Å². The summed E-state index contributed by atoms with van der Waals surface area (Å²) in [4.78, 5) is 0. The first-order valence-corrected chi connectivity index (χ1v) is 10.1. The molecular formula is C23H24ClNO3. The number of benzene rings is 2. The largest absolute Gasteiger partial charge is 0.508 e. The lowest BCUT2D eigenvalue weighted by Gasteiger charge is -2.08. The molecule has 4 rings (SSSR count). The first-order chi connectivity index (χ1) is 13.6. The van der Waals surface area contributed by atoms with Crippen molar-refractivity contribution in [1.29, 1.82) is 0 Å². The van der Waals surface area contributed by atoms with Gasteiger partial charge in [-0.3, -0.25) is 0 Å². The van der Waals surface area contributed by atoms with Crippen molar-refractivity contribution in [2.24, 2.45) is 0 Å². The first-order valence-electron chi connectivity index (χ1n) is 9.54. The Bertz CT molecular complexity index is 1050. The van der Waals surface area contributed by atoms with Crippen LogP contribution in [0.4, 0.5) is 0 Å². The second-order valence-electron chi connectivity index (χ2n) is 7.07. The molecule has 1 N–H and O–H groups in total. The van der Waals surface area contributed by atoms with Gasteiger partial charge in [0.2, 0.25) is 0 Å². The predicted molar refractivity (Wildman–Crippen MR) is 114 cm³/mol. The van der Waals surface area contributed by atoms with Gasteiger partial charge in [-0.15, -0.1) is 11.6 Å². The van der Waals surface area contributed by atoms with Crippen LogP contribution in [0, 0.1) is 6.92 Å². The van der Waals surface area contributed by atoms with Crippen molar-refractivity contribution in [3.63, 3.8) is 0 Å². The Morgan fingerprint density at radius 2 is 2.11 bits per heavy atom. The van der Waals surface area contributed by atoms with Crippen LogP contribution in [0.1, 0.15) is 29.7 Å². The number of methoxy groups -OCH3 is 1. The number of phenols is 1. The van der Waals surface area contributed by atoms with Crippen LogP contribution in [0.2, 0.25) is 0 Å². The van der Waals surface area contributed by atoms with E-state index in [0.29, 0.717) is 12.3 Å². The minimum atomic E-state index is 0.280. The van der Waals surface area contributed by atoms with Gasteiger partial charge >= 0.3 is 0 Å². The van der Waals surface area contributed by atoms with Crippen molar-refractivity contribution in [3.8, 4) is 17.2 Å². The molecular weight excluding hydrogens is 374 g/mol. The van der Waals surface area contributed by atoms with Gasteiger partial charge in [-0.25, -0.2) is 0 Å². The number of alkyl halides is 1. The smallest absolute Gasteiger partial charge is 0.134 e. The average Bonchev–Trinajstić information content (AvgIpc) is 3.23. The molecule has 2 heterocycles. The number of allylic oxidation sites excluding steroid dienone is 1. The molecule has 3 aromatic rings. The van der Waals surface area contributed by atoms with Crippen LogP contribution in [0.5, 0.6) is 17.2 Å². The Labute approximate surface area is 170 Å². The number of aryl methyl sites for hydroxylation is 1. The summed E-state index contributed by atoms with van der Waals surface area (Å²) in [5.41, 5.74) is 4.34. The third kappa shape index (κ3) is 3.33. The summed E-state index contributed by atoms with van der Waals surface area (Å²) >= 11 is 5.87. The first kappa shape index (κ1) is 18.8. The van der Waals surface area contributed by atoms with Gasteiger partial charge in [0, 0.05) is 46.6 Å². The number of hydrogen-bond donors (Lipinski definition) is 1. The van der Waals surface area contributed by atoms with Crippen LogP contribution >= 0.6 is 11.6 Å². The van der Waals surface area contributed by atoms with Crippen LogP contribution in [-0.2, 0) is 13.0 Å². The lowest BCUT2D eigenvalue weighted by molar-refractivity contribution is 0.415. The minimum Gasteiger partial charge on any atom is -0.508 e. The number of phenolic OH excluding ortho intramolecular Hbond substituents is 1. The van der Waals surface area contributed by atoms with Gasteiger partial charge in [-0.05, 0) is 56.2 Å². The number of ether oxygens (including phenoxy) is 2. The van der Waals surface area contributed by atoms with Gasteiger partial charge in [-0.1, -0.05) is 6.07 Å². The average molecular weight is 398 g/mol. The lowest BCUT2D eigenvalue weighted by Crippen LogP contribution is -2.01. The standard InChI is InChI=1S/C23H24ClNO3/c1-15-18(13-17-14-20-22(26)6-5-7-23(20)28-17)19-12-16(27-2)8-9-21(19)25(15)11-4-3-10-24/h5-9,12-13,26H,3-4,10-11,14H2,1-2H3. The van der Waals surface area contributed by atoms with Gasteiger partial charge in [0.25, 0.3) is 0 Å². The summed E-state index contributed by atoms with van der Waals surface area (Å²) in [5.74, 6) is 3.36. The van der Waals surface area contributed by atoms with Gasteiger partial charge in [0.05, 0.1) is 7.11 Å². The molecule has 0 amide bonds. The van der Waals surface area contributed by atoms with Crippen molar-refractivity contribution < 1.29 is 14.6 Å². The van der Waals surface area contributed by atoms with Crippen LogP contribution in [0.3, 0.4) is 0 Å². The van der Waals surface area contributed by atoms with Crippen LogP contribution in [-0.4, -0.2) is 22.7 Å². The zero-order valence-corrected chi connectivity index (χ0v) is 16.9. The normalized spacial score (nSPS) is 14.5. The van der Waals surface area contributed by atoms with Crippen molar-refractivity contribution in [3.05, 3.63) is 59.0 Å². The van der Waals surface area contributed by atoms with Crippen molar-refractivity contribution in [1.82, 2.24) is 4.57 Å². The molecule has 5 heteroatoms. The van der Waals surface area contributed by atoms with E-state index < -0.39 is 0 Å². The van der Waals surface area contributed by atoms with E-state index in [1.807, 2.05) is 12.1 Å². The molecule has 1 aliphatic rings. The molecule has 1 aliphatic heterocycles. The molecule has 0 spiro atoms. The van der Waals surface area contributed by atoms with Gasteiger partial charge < -0.3 is 19.1 Å². The quantitative estimate of drug-likeness (QED) is 0.431. The highest BCUT2D eigenvalue weighted by molar-refractivity contribution is 6.17. The Kier molecular flexibility index (Phi) is 5.23. The number of fused-ring (bicyclic) bond motifs is 2. The molecule has 1 aromatic heterocycles. The van der Waals surface area contributed by atoms with E-state index in [1.165, 1.54) is 11.2 Å². The Hall–Kier alpha value is -2.59. The molecule has 0 aliphatic carbocycles. The summed E-state index contributed by atoms with van der Waals surface area (Å²) in [7, 11) is 1.68. The number of unbranched alkanes of at least 4 members (excludes halogenated alkanes) is 1. The number of rotatable bonds is 6. The number of nitrogens with zero attached hydrogens (tertiary/aromatic N) is 1. The molecule has 0 atom stereocenters. The van der Waals surface area contributed by atoms with Crippen molar-refractivity contribution in [2.75, 3.05) is 13.0 Å². The maximum Gasteiger partial charge on any atom is 0.134 e. The van der Waals surface area contributed by atoms with Crippen molar-refractivity contribution >= 4 is 28.6 Å². The highest BCUT2D eigenvalue weighted by Crippen LogP contribution is 2.39.